The number of carbonyl (C=O) groups is 1. The summed E-state index contributed by atoms with van der Waals surface area (Å²) in [7, 11) is 3.15. The van der Waals surface area contributed by atoms with Gasteiger partial charge in [0.2, 0.25) is 0 Å². The molecule has 1 amide bonds. The van der Waals surface area contributed by atoms with Crippen LogP contribution in [0.15, 0.2) is 66.0 Å². The molecule has 3 aromatic rings. The van der Waals surface area contributed by atoms with Crippen LogP contribution in [0, 0.1) is 0 Å². The number of benzene rings is 2. The lowest BCUT2D eigenvalue weighted by Gasteiger charge is -2.13. The fourth-order valence-electron chi connectivity index (χ4n) is 3.78. The number of hydrogen-bond acceptors (Lipinski definition) is 6. The van der Waals surface area contributed by atoms with Gasteiger partial charge in [0.05, 0.1) is 32.1 Å². The largest absolute Gasteiger partial charge is 0.497 e. The molecule has 33 heavy (non-hydrogen) atoms. The number of hydrogen-bond donors (Lipinski definition) is 1. The maximum Gasteiger partial charge on any atom is 0.272 e. The fourth-order valence-corrected chi connectivity index (χ4v) is 3.78. The summed E-state index contributed by atoms with van der Waals surface area (Å²) < 4.78 is 16.5. The SMILES string of the molecule is COc1cc(C=NNC(=O)c2cncc(-c3ccc(OC4CCCC4)cc3)c2)cc(OC)c1. The third kappa shape index (κ3) is 5.88. The molecule has 0 unspecified atom stereocenters. The van der Waals surface area contributed by atoms with Gasteiger partial charge >= 0.3 is 0 Å². The number of methoxy groups -OCH3 is 2. The molecule has 2 aromatic carbocycles. The first-order valence-electron chi connectivity index (χ1n) is 10.9. The van der Waals surface area contributed by atoms with Crippen molar-refractivity contribution in [2.45, 2.75) is 31.8 Å². The number of nitrogens with zero attached hydrogens (tertiary/aromatic N) is 2. The highest BCUT2D eigenvalue weighted by atomic mass is 16.5. The third-order valence-electron chi connectivity index (χ3n) is 5.55. The minimum Gasteiger partial charge on any atom is -0.497 e. The number of ether oxygens (including phenoxy) is 3. The molecule has 0 spiro atoms. The van der Waals surface area contributed by atoms with Crippen LogP contribution in [0.5, 0.6) is 17.2 Å². The highest BCUT2D eigenvalue weighted by molar-refractivity contribution is 5.95. The zero-order valence-corrected chi connectivity index (χ0v) is 18.8. The van der Waals surface area contributed by atoms with Crippen LogP contribution in [0.4, 0.5) is 0 Å². The summed E-state index contributed by atoms with van der Waals surface area (Å²) >= 11 is 0. The van der Waals surface area contributed by atoms with Gasteiger partial charge in [-0.05, 0) is 61.6 Å². The van der Waals surface area contributed by atoms with Gasteiger partial charge in [0.25, 0.3) is 5.91 Å². The maximum absolute atomic E-state index is 12.6. The van der Waals surface area contributed by atoms with Crippen LogP contribution in [0.2, 0.25) is 0 Å². The standard InChI is InChI=1S/C26H27N3O4/c1-31-24-11-18(12-25(14-24)32-2)15-28-29-26(30)21-13-20(16-27-17-21)19-7-9-23(10-8-19)33-22-5-3-4-6-22/h7-17,22H,3-6H2,1-2H3,(H,29,30). The van der Waals surface area contributed by atoms with E-state index in [1.165, 1.54) is 25.3 Å². The van der Waals surface area contributed by atoms with Crippen molar-refractivity contribution in [2.75, 3.05) is 14.2 Å². The van der Waals surface area contributed by atoms with Crippen molar-refractivity contribution in [1.82, 2.24) is 10.4 Å². The second kappa shape index (κ2) is 10.6. The lowest BCUT2D eigenvalue weighted by molar-refractivity contribution is 0.0955. The Hall–Kier alpha value is -3.87. The minimum atomic E-state index is -0.350. The quantitative estimate of drug-likeness (QED) is 0.396. The molecule has 1 aliphatic rings. The van der Waals surface area contributed by atoms with E-state index in [0.717, 1.165) is 35.3 Å². The zero-order chi connectivity index (χ0) is 23.0. The molecule has 1 fully saturated rings. The maximum atomic E-state index is 12.6. The van der Waals surface area contributed by atoms with Crippen LogP contribution < -0.4 is 19.6 Å². The molecule has 0 radical (unpaired) electrons. The van der Waals surface area contributed by atoms with Crippen LogP contribution in [-0.2, 0) is 0 Å². The van der Waals surface area contributed by atoms with Gasteiger partial charge in [-0.15, -0.1) is 0 Å². The van der Waals surface area contributed by atoms with Crippen molar-refractivity contribution >= 4 is 12.1 Å². The van der Waals surface area contributed by atoms with Crippen molar-refractivity contribution in [3.8, 4) is 28.4 Å². The van der Waals surface area contributed by atoms with E-state index < -0.39 is 0 Å². The average Bonchev–Trinajstić information content (AvgIpc) is 3.37. The number of carbonyl (C=O) groups excluding carboxylic acids is 1. The van der Waals surface area contributed by atoms with Crippen LogP contribution in [-0.4, -0.2) is 37.4 Å². The van der Waals surface area contributed by atoms with E-state index in [9.17, 15) is 4.79 Å². The van der Waals surface area contributed by atoms with Gasteiger partial charge in [-0.1, -0.05) is 12.1 Å². The highest BCUT2D eigenvalue weighted by Crippen LogP contribution is 2.27. The fraction of sp³-hybridized carbons (Fsp3) is 0.269. The Balaban J connectivity index is 1.41. The molecule has 1 aliphatic carbocycles. The molecule has 1 saturated carbocycles. The van der Waals surface area contributed by atoms with Gasteiger partial charge in [0.15, 0.2) is 0 Å². The molecule has 0 bridgehead atoms. The summed E-state index contributed by atoms with van der Waals surface area (Å²) in [5.74, 6) is 1.80. The van der Waals surface area contributed by atoms with Crippen molar-refractivity contribution < 1.29 is 19.0 Å². The van der Waals surface area contributed by atoms with Crippen molar-refractivity contribution in [1.29, 1.82) is 0 Å². The van der Waals surface area contributed by atoms with E-state index in [2.05, 4.69) is 15.5 Å². The van der Waals surface area contributed by atoms with E-state index in [0.29, 0.717) is 23.2 Å². The Morgan fingerprint density at radius 3 is 2.30 bits per heavy atom. The zero-order valence-electron chi connectivity index (χ0n) is 18.8. The normalized spacial score (nSPS) is 13.8. The minimum absolute atomic E-state index is 0.322. The molecule has 170 valence electrons. The molecule has 0 saturated heterocycles. The number of aromatic nitrogens is 1. The Labute approximate surface area is 193 Å². The van der Waals surface area contributed by atoms with Crippen LogP contribution in [0.25, 0.3) is 11.1 Å². The van der Waals surface area contributed by atoms with E-state index in [-0.39, 0.29) is 5.91 Å². The lowest BCUT2D eigenvalue weighted by atomic mass is 10.1. The van der Waals surface area contributed by atoms with Crippen LogP contribution >= 0.6 is 0 Å². The first-order valence-corrected chi connectivity index (χ1v) is 10.9. The van der Waals surface area contributed by atoms with E-state index in [1.54, 1.807) is 44.7 Å². The summed E-state index contributed by atoms with van der Waals surface area (Å²) in [4.78, 5) is 16.8. The smallest absolute Gasteiger partial charge is 0.272 e. The van der Waals surface area contributed by atoms with E-state index in [1.807, 2.05) is 24.3 Å². The number of rotatable bonds is 8. The molecule has 1 N–H and O–H groups in total. The summed E-state index contributed by atoms with van der Waals surface area (Å²) in [5.41, 5.74) is 5.49. The van der Waals surface area contributed by atoms with Crippen molar-refractivity contribution in [3.63, 3.8) is 0 Å². The number of pyridine rings is 1. The summed E-state index contributed by atoms with van der Waals surface area (Å²) in [6.07, 6.45) is 9.82. The summed E-state index contributed by atoms with van der Waals surface area (Å²) in [6, 6.07) is 15.0. The first-order chi connectivity index (χ1) is 16.1. The molecule has 7 heteroatoms. The molecule has 4 rings (SSSR count). The first kappa shape index (κ1) is 22.3. The number of nitrogens with one attached hydrogen (secondary N) is 1. The van der Waals surface area contributed by atoms with Crippen molar-refractivity contribution in [2.24, 2.45) is 5.10 Å². The summed E-state index contributed by atoms with van der Waals surface area (Å²) in [6.45, 7) is 0. The Kier molecular flexibility index (Phi) is 7.19. The molecule has 7 nitrogen and oxygen atoms in total. The van der Waals surface area contributed by atoms with Gasteiger partial charge in [-0.25, -0.2) is 5.43 Å². The van der Waals surface area contributed by atoms with Gasteiger partial charge in [-0.2, -0.15) is 5.10 Å². The van der Waals surface area contributed by atoms with Crippen LogP contribution in [0.3, 0.4) is 0 Å². The average molecular weight is 446 g/mol. The molecule has 1 heterocycles. The van der Waals surface area contributed by atoms with E-state index >= 15 is 0 Å². The second-order valence-electron chi connectivity index (χ2n) is 7.86. The van der Waals surface area contributed by atoms with Gasteiger partial charge in [0.1, 0.15) is 17.2 Å². The Morgan fingerprint density at radius 2 is 1.64 bits per heavy atom. The molecular formula is C26H27N3O4. The van der Waals surface area contributed by atoms with Crippen LogP contribution in [0.1, 0.15) is 41.6 Å². The topological polar surface area (TPSA) is 82.0 Å². The Morgan fingerprint density at radius 1 is 0.939 bits per heavy atom. The van der Waals surface area contributed by atoms with Gasteiger partial charge in [-0.3, -0.25) is 9.78 Å². The van der Waals surface area contributed by atoms with E-state index in [4.69, 9.17) is 14.2 Å². The second-order valence-corrected chi connectivity index (χ2v) is 7.86. The molecular weight excluding hydrogens is 418 g/mol. The Bertz CT molecular complexity index is 1100. The van der Waals surface area contributed by atoms with Gasteiger partial charge in [0, 0.05) is 29.6 Å². The predicted octanol–water partition coefficient (Wildman–Crippen LogP) is 4.85. The third-order valence-corrected chi connectivity index (χ3v) is 5.55. The highest BCUT2D eigenvalue weighted by Gasteiger charge is 2.16. The summed E-state index contributed by atoms with van der Waals surface area (Å²) in [5, 5.41) is 4.05. The number of amides is 1. The molecule has 0 aliphatic heterocycles. The number of hydrazone groups is 1. The van der Waals surface area contributed by atoms with Gasteiger partial charge < -0.3 is 14.2 Å². The monoisotopic (exact) mass is 445 g/mol. The molecule has 1 aromatic heterocycles. The molecule has 0 atom stereocenters. The van der Waals surface area contributed by atoms with Crippen molar-refractivity contribution in [3.05, 3.63) is 72.1 Å². The lowest BCUT2D eigenvalue weighted by Crippen LogP contribution is -2.17. The predicted molar refractivity (Wildman–Crippen MR) is 127 cm³/mol.